The Morgan fingerprint density at radius 2 is 2.00 bits per heavy atom. The Hall–Kier alpha value is -1.25. The fourth-order valence-electron chi connectivity index (χ4n) is 1.48. The minimum absolute atomic E-state index is 0.139. The molecule has 1 nitrogen and oxygen atoms in total. The Morgan fingerprint density at radius 1 is 1.33 bits per heavy atom. The van der Waals surface area contributed by atoms with E-state index < -0.39 is 11.6 Å². The summed E-state index contributed by atoms with van der Waals surface area (Å²) < 4.78 is 25.5. The first-order valence-corrected chi connectivity index (χ1v) is 5.01. The van der Waals surface area contributed by atoms with Gasteiger partial charge in [-0.15, -0.1) is 0 Å². The highest BCUT2D eigenvalue weighted by Crippen LogP contribution is 2.14. The van der Waals surface area contributed by atoms with Crippen LogP contribution >= 0.6 is 0 Å². The third-order valence-electron chi connectivity index (χ3n) is 2.42. The van der Waals surface area contributed by atoms with Gasteiger partial charge in [0.25, 0.3) is 0 Å². The number of halogens is 2. The maximum absolute atomic E-state index is 12.9. The predicted octanol–water partition coefficient (Wildman–Crippen LogP) is 3.12. The third-order valence-corrected chi connectivity index (χ3v) is 2.42. The number of carbonyl (C=O) groups excluding carboxylic acids is 1. The smallest absolute Gasteiger partial charge is 0.159 e. The van der Waals surface area contributed by atoms with Crippen LogP contribution in [0.4, 0.5) is 8.78 Å². The molecule has 0 saturated heterocycles. The Balaban J connectivity index is 2.73. The molecule has 1 aromatic carbocycles. The van der Waals surface area contributed by atoms with Crippen LogP contribution in [0.2, 0.25) is 0 Å². The highest BCUT2D eigenvalue weighted by molar-refractivity contribution is 5.80. The van der Waals surface area contributed by atoms with Gasteiger partial charge in [0.1, 0.15) is 5.78 Å². The molecule has 0 aliphatic heterocycles. The molecule has 82 valence electrons. The largest absolute Gasteiger partial charge is 0.299 e. The summed E-state index contributed by atoms with van der Waals surface area (Å²) in [6.07, 6.45) is 0.939. The molecule has 0 aliphatic carbocycles. The predicted molar refractivity (Wildman–Crippen MR) is 54.5 cm³/mol. The van der Waals surface area contributed by atoms with E-state index in [2.05, 4.69) is 0 Å². The maximum atomic E-state index is 12.9. The lowest BCUT2D eigenvalue weighted by Gasteiger charge is -2.09. The lowest BCUT2D eigenvalue weighted by atomic mass is 9.96. The number of hydrogen-bond acceptors (Lipinski definition) is 1. The number of benzene rings is 1. The monoisotopic (exact) mass is 212 g/mol. The van der Waals surface area contributed by atoms with Crippen LogP contribution in [0.25, 0.3) is 0 Å². The van der Waals surface area contributed by atoms with Crippen LogP contribution in [0.3, 0.4) is 0 Å². The molecule has 0 heterocycles. The average Bonchev–Trinajstić information content (AvgIpc) is 2.22. The molecule has 0 aliphatic rings. The van der Waals surface area contributed by atoms with Crippen molar-refractivity contribution in [3.05, 3.63) is 35.4 Å². The highest BCUT2D eigenvalue weighted by Gasteiger charge is 2.12. The van der Waals surface area contributed by atoms with E-state index in [1.807, 2.05) is 0 Å². The molecule has 1 atom stereocenters. The van der Waals surface area contributed by atoms with E-state index in [-0.39, 0.29) is 11.7 Å². The van der Waals surface area contributed by atoms with Gasteiger partial charge in [-0.05, 0) is 24.1 Å². The Bertz CT molecular complexity index is 361. The number of ketones is 1. The zero-order valence-electron chi connectivity index (χ0n) is 8.89. The van der Waals surface area contributed by atoms with Crippen LogP contribution in [0.15, 0.2) is 18.2 Å². The molecule has 0 spiro atoms. The Kier molecular flexibility index (Phi) is 3.95. The fraction of sp³-hybridized carbons (Fsp3) is 0.417. The van der Waals surface area contributed by atoms with E-state index >= 15 is 0 Å². The zero-order valence-corrected chi connectivity index (χ0v) is 8.89. The molecule has 1 unspecified atom stereocenters. The molecule has 0 amide bonds. The SMILES string of the molecule is CCC(=O)C(C)Cc1ccc(F)c(F)c1. The molecule has 1 rings (SSSR count). The van der Waals surface area contributed by atoms with Gasteiger partial charge in [-0.25, -0.2) is 8.78 Å². The van der Waals surface area contributed by atoms with Crippen molar-refractivity contribution in [2.45, 2.75) is 26.7 Å². The van der Waals surface area contributed by atoms with Crippen molar-refractivity contribution >= 4 is 5.78 Å². The number of carbonyl (C=O) groups is 1. The van der Waals surface area contributed by atoms with E-state index in [1.54, 1.807) is 13.8 Å². The molecule has 0 bridgehead atoms. The third kappa shape index (κ3) is 3.11. The van der Waals surface area contributed by atoms with Gasteiger partial charge >= 0.3 is 0 Å². The van der Waals surface area contributed by atoms with Crippen molar-refractivity contribution in [3.8, 4) is 0 Å². The quantitative estimate of drug-likeness (QED) is 0.749. The first kappa shape index (κ1) is 11.8. The molecule has 1 aromatic rings. The summed E-state index contributed by atoms with van der Waals surface area (Å²) in [5.41, 5.74) is 0.656. The molecule has 0 N–H and O–H groups in total. The first-order chi connectivity index (χ1) is 7.04. The van der Waals surface area contributed by atoms with Gasteiger partial charge in [0.05, 0.1) is 0 Å². The summed E-state index contributed by atoms with van der Waals surface area (Å²) in [5, 5.41) is 0. The van der Waals surface area contributed by atoms with Gasteiger partial charge in [0.2, 0.25) is 0 Å². The summed E-state index contributed by atoms with van der Waals surface area (Å²) >= 11 is 0. The molecular formula is C12H14F2O. The van der Waals surface area contributed by atoms with E-state index in [9.17, 15) is 13.6 Å². The number of hydrogen-bond donors (Lipinski definition) is 0. The summed E-state index contributed by atoms with van der Waals surface area (Å²) in [5.74, 6) is -1.71. The van der Waals surface area contributed by atoms with E-state index in [0.717, 1.165) is 12.1 Å². The lowest BCUT2D eigenvalue weighted by molar-refractivity contribution is -0.122. The minimum atomic E-state index is -0.858. The summed E-state index contributed by atoms with van der Waals surface area (Å²) in [6.45, 7) is 3.59. The van der Waals surface area contributed by atoms with E-state index in [1.165, 1.54) is 6.07 Å². The minimum Gasteiger partial charge on any atom is -0.299 e. The second-order valence-electron chi connectivity index (χ2n) is 3.67. The lowest BCUT2D eigenvalue weighted by Crippen LogP contribution is -2.12. The van der Waals surface area contributed by atoms with Crippen LogP contribution in [-0.2, 0) is 11.2 Å². The van der Waals surface area contributed by atoms with E-state index in [4.69, 9.17) is 0 Å². The molecular weight excluding hydrogens is 198 g/mol. The van der Waals surface area contributed by atoms with Crippen molar-refractivity contribution in [2.24, 2.45) is 5.92 Å². The fourth-order valence-corrected chi connectivity index (χ4v) is 1.48. The Morgan fingerprint density at radius 3 is 2.53 bits per heavy atom. The van der Waals surface area contributed by atoms with Crippen LogP contribution < -0.4 is 0 Å². The van der Waals surface area contributed by atoms with Gasteiger partial charge in [-0.2, -0.15) is 0 Å². The van der Waals surface area contributed by atoms with Crippen LogP contribution in [0, 0.1) is 17.6 Å². The van der Waals surface area contributed by atoms with Crippen molar-refractivity contribution in [2.75, 3.05) is 0 Å². The second kappa shape index (κ2) is 5.01. The van der Waals surface area contributed by atoms with Crippen LogP contribution in [0.1, 0.15) is 25.8 Å². The van der Waals surface area contributed by atoms with Crippen molar-refractivity contribution in [3.63, 3.8) is 0 Å². The molecule has 15 heavy (non-hydrogen) atoms. The maximum Gasteiger partial charge on any atom is 0.159 e. The van der Waals surface area contributed by atoms with Crippen molar-refractivity contribution in [1.29, 1.82) is 0 Å². The molecule has 3 heteroatoms. The van der Waals surface area contributed by atoms with Gasteiger partial charge in [0, 0.05) is 12.3 Å². The highest BCUT2D eigenvalue weighted by atomic mass is 19.2. The Labute approximate surface area is 88.1 Å². The van der Waals surface area contributed by atoms with Gasteiger partial charge < -0.3 is 0 Å². The van der Waals surface area contributed by atoms with Crippen LogP contribution in [0.5, 0.6) is 0 Å². The molecule has 0 saturated carbocycles. The normalized spacial score (nSPS) is 12.5. The van der Waals surface area contributed by atoms with Crippen molar-refractivity contribution in [1.82, 2.24) is 0 Å². The van der Waals surface area contributed by atoms with Crippen molar-refractivity contribution < 1.29 is 13.6 Å². The number of rotatable bonds is 4. The molecule has 0 radical (unpaired) electrons. The average molecular weight is 212 g/mol. The topological polar surface area (TPSA) is 17.1 Å². The first-order valence-electron chi connectivity index (χ1n) is 5.01. The zero-order chi connectivity index (χ0) is 11.4. The standard InChI is InChI=1S/C12H14F2O/c1-3-12(15)8(2)6-9-4-5-10(13)11(14)7-9/h4-5,7-8H,3,6H2,1-2H3. The van der Waals surface area contributed by atoms with Gasteiger partial charge in [-0.1, -0.05) is 19.9 Å². The van der Waals surface area contributed by atoms with Gasteiger partial charge in [0.15, 0.2) is 11.6 Å². The molecule has 0 aromatic heterocycles. The summed E-state index contributed by atoms with van der Waals surface area (Å²) in [6, 6.07) is 3.75. The number of Topliss-reactive ketones (excluding diaryl/α,β-unsaturated/α-hetero) is 1. The van der Waals surface area contributed by atoms with Crippen LogP contribution in [-0.4, -0.2) is 5.78 Å². The van der Waals surface area contributed by atoms with E-state index in [0.29, 0.717) is 18.4 Å². The molecule has 0 fully saturated rings. The summed E-state index contributed by atoms with van der Waals surface area (Å²) in [4.78, 5) is 11.3. The summed E-state index contributed by atoms with van der Waals surface area (Å²) in [7, 11) is 0. The second-order valence-corrected chi connectivity index (χ2v) is 3.67. The van der Waals surface area contributed by atoms with Gasteiger partial charge in [-0.3, -0.25) is 4.79 Å².